The molecule has 0 spiro atoms. The molecule has 5 rings (SSSR count). The fraction of sp³-hybridized carbons (Fsp3) is 0.379. The van der Waals surface area contributed by atoms with E-state index in [1.54, 1.807) is 13.8 Å². The summed E-state index contributed by atoms with van der Waals surface area (Å²) in [6.07, 6.45) is 0.507. The number of hydrogen-bond donors (Lipinski definition) is 1. The van der Waals surface area contributed by atoms with Gasteiger partial charge in [-0.2, -0.15) is 0 Å². The van der Waals surface area contributed by atoms with Crippen molar-refractivity contribution >= 4 is 24.0 Å². The SMILES string of the molecule is CCOC(=O)[C@H]1[C@@H]2C(OC(C)=O)=C[C@@](NC(=O)OCC3c4ccccc4-c4ccccc43)(C(=O)OCC)[C@H]12. The molecule has 3 aliphatic carbocycles. The van der Waals surface area contributed by atoms with E-state index in [-0.39, 0.29) is 31.5 Å². The summed E-state index contributed by atoms with van der Waals surface area (Å²) in [4.78, 5) is 50.8. The normalized spacial score (nSPS) is 24.3. The zero-order valence-electron chi connectivity index (χ0n) is 21.4. The highest BCUT2D eigenvalue weighted by atomic mass is 16.6. The molecule has 0 aromatic heterocycles. The second kappa shape index (κ2) is 9.96. The lowest BCUT2D eigenvalue weighted by Crippen LogP contribution is -2.56. The van der Waals surface area contributed by atoms with Gasteiger partial charge in [-0.1, -0.05) is 48.5 Å². The third kappa shape index (κ3) is 4.21. The van der Waals surface area contributed by atoms with Gasteiger partial charge in [-0.3, -0.25) is 9.59 Å². The van der Waals surface area contributed by atoms with Crippen LogP contribution in [0.1, 0.15) is 37.8 Å². The number of amides is 1. The Bertz CT molecular complexity index is 1290. The second-order valence-corrected chi connectivity index (χ2v) is 9.51. The molecule has 0 saturated heterocycles. The molecule has 1 N–H and O–H groups in total. The first kappa shape index (κ1) is 25.5. The van der Waals surface area contributed by atoms with E-state index in [2.05, 4.69) is 5.32 Å². The number of hydrogen-bond acceptors (Lipinski definition) is 8. The molecule has 4 atom stereocenters. The highest BCUT2D eigenvalue weighted by Crippen LogP contribution is 2.63. The molecule has 9 nitrogen and oxygen atoms in total. The zero-order valence-corrected chi connectivity index (χ0v) is 21.4. The molecule has 3 aliphatic rings. The number of esters is 3. The lowest BCUT2D eigenvalue weighted by molar-refractivity contribution is -0.151. The molecule has 198 valence electrons. The molecule has 1 fully saturated rings. The summed E-state index contributed by atoms with van der Waals surface area (Å²) < 4.78 is 21.5. The molecular formula is C29H29NO8. The molecule has 0 aliphatic heterocycles. The minimum absolute atomic E-state index is 0.0364. The Morgan fingerprint density at radius 1 is 0.868 bits per heavy atom. The third-order valence-corrected chi connectivity index (χ3v) is 7.33. The highest BCUT2D eigenvalue weighted by Gasteiger charge is 2.74. The molecule has 9 heteroatoms. The topological polar surface area (TPSA) is 117 Å². The van der Waals surface area contributed by atoms with E-state index in [4.69, 9.17) is 18.9 Å². The van der Waals surface area contributed by atoms with Crippen LogP contribution in [0.15, 0.2) is 60.4 Å². The molecule has 1 saturated carbocycles. The number of carbonyl (C=O) groups is 4. The average Bonchev–Trinajstić information content (AvgIpc) is 3.47. The number of carbonyl (C=O) groups excluding carboxylic acids is 4. The van der Waals surface area contributed by atoms with E-state index >= 15 is 0 Å². The molecule has 0 bridgehead atoms. The monoisotopic (exact) mass is 519 g/mol. The number of nitrogens with one attached hydrogen (secondary N) is 1. The number of alkyl carbamates (subject to hydrolysis) is 1. The van der Waals surface area contributed by atoms with E-state index in [1.807, 2.05) is 48.5 Å². The van der Waals surface area contributed by atoms with Crippen LogP contribution in [-0.4, -0.2) is 49.4 Å². The molecule has 0 radical (unpaired) electrons. The maximum atomic E-state index is 13.3. The van der Waals surface area contributed by atoms with Crippen LogP contribution in [0.25, 0.3) is 11.1 Å². The van der Waals surface area contributed by atoms with Gasteiger partial charge in [-0.15, -0.1) is 0 Å². The molecule has 0 heterocycles. The van der Waals surface area contributed by atoms with Crippen LogP contribution in [0.5, 0.6) is 0 Å². The largest absolute Gasteiger partial charge is 0.466 e. The first-order valence-electron chi connectivity index (χ1n) is 12.7. The van der Waals surface area contributed by atoms with Crippen LogP contribution in [0.3, 0.4) is 0 Å². The molecule has 1 amide bonds. The van der Waals surface area contributed by atoms with Gasteiger partial charge < -0.3 is 24.3 Å². The Labute approximate surface area is 220 Å². The van der Waals surface area contributed by atoms with E-state index in [0.717, 1.165) is 22.3 Å². The van der Waals surface area contributed by atoms with Crippen molar-refractivity contribution in [2.45, 2.75) is 32.2 Å². The van der Waals surface area contributed by atoms with E-state index < -0.39 is 47.3 Å². The van der Waals surface area contributed by atoms with E-state index in [0.29, 0.717) is 0 Å². The lowest BCUT2D eigenvalue weighted by Gasteiger charge is -2.28. The Balaban J connectivity index is 1.39. The van der Waals surface area contributed by atoms with Gasteiger partial charge >= 0.3 is 24.0 Å². The summed E-state index contributed by atoms with van der Waals surface area (Å²) in [5.41, 5.74) is 2.52. The van der Waals surface area contributed by atoms with Crippen molar-refractivity contribution in [3.05, 3.63) is 71.5 Å². The van der Waals surface area contributed by atoms with E-state index in [1.165, 1.54) is 13.0 Å². The van der Waals surface area contributed by atoms with Gasteiger partial charge in [0, 0.05) is 24.7 Å². The van der Waals surface area contributed by atoms with Crippen LogP contribution in [0.4, 0.5) is 4.79 Å². The summed E-state index contributed by atoms with van der Waals surface area (Å²) in [7, 11) is 0. The third-order valence-electron chi connectivity index (χ3n) is 7.33. The summed E-state index contributed by atoms with van der Waals surface area (Å²) in [5.74, 6) is -4.05. The van der Waals surface area contributed by atoms with Crippen LogP contribution in [-0.2, 0) is 33.3 Å². The molecular weight excluding hydrogens is 490 g/mol. The first-order chi connectivity index (χ1) is 18.3. The Morgan fingerprint density at radius 2 is 1.47 bits per heavy atom. The van der Waals surface area contributed by atoms with E-state index in [9.17, 15) is 19.2 Å². The second-order valence-electron chi connectivity index (χ2n) is 9.51. The zero-order chi connectivity index (χ0) is 27.0. The van der Waals surface area contributed by atoms with Gasteiger partial charge in [-0.05, 0) is 42.2 Å². The maximum Gasteiger partial charge on any atom is 0.408 e. The first-order valence-corrected chi connectivity index (χ1v) is 12.7. The Hall–Kier alpha value is -4.14. The van der Waals surface area contributed by atoms with Crippen molar-refractivity contribution in [1.29, 1.82) is 0 Å². The standard InChI is InChI=1S/C29H29NO8/c1-4-35-26(32)24-23-22(38-16(3)31)14-29(25(23)24,27(33)36-5-2)30-28(34)37-15-21-19-12-8-6-10-17(19)18-11-7-9-13-20(18)21/h6-14,21,23-25H,4-5,15H2,1-3H3,(H,30,34)/t23-,24-,25-,29-/m0/s1. The fourth-order valence-electron chi connectivity index (χ4n) is 5.86. The van der Waals surface area contributed by atoms with Gasteiger partial charge in [0.2, 0.25) is 0 Å². The minimum Gasteiger partial charge on any atom is -0.466 e. The summed E-state index contributed by atoms with van der Waals surface area (Å²) in [6.45, 7) is 4.76. The summed E-state index contributed by atoms with van der Waals surface area (Å²) >= 11 is 0. The van der Waals surface area contributed by atoms with Gasteiger partial charge in [0.25, 0.3) is 0 Å². The van der Waals surface area contributed by atoms with Gasteiger partial charge in [-0.25, -0.2) is 9.59 Å². The average molecular weight is 520 g/mol. The van der Waals surface area contributed by atoms with Crippen LogP contribution < -0.4 is 5.32 Å². The Morgan fingerprint density at radius 3 is 2.05 bits per heavy atom. The predicted octanol–water partition coefficient (Wildman–Crippen LogP) is 3.71. The highest BCUT2D eigenvalue weighted by molar-refractivity contribution is 5.94. The van der Waals surface area contributed by atoms with Crippen molar-refractivity contribution in [3.63, 3.8) is 0 Å². The van der Waals surface area contributed by atoms with Crippen LogP contribution in [0.2, 0.25) is 0 Å². The predicted molar refractivity (Wildman–Crippen MR) is 135 cm³/mol. The van der Waals surface area contributed by atoms with Gasteiger partial charge in [0.1, 0.15) is 12.4 Å². The summed E-state index contributed by atoms with van der Waals surface area (Å²) in [6, 6.07) is 15.9. The van der Waals surface area contributed by atoms with Gasteiger partial charge in [0.05, 0.1) is 19.1 Å². The van der Waals surface area contributed by atoms with Crippen molar-refractivity contribution in [1.82, 2.24) is 5.32 Å². The van der Waals surface area contributed by atoms with Crippen molar-refractivity contribution < 1.29 is 38.1 Å². The number of fused-ring (bicyclic) bond motifs is 4. The molecule has 2 aromatic carbocycles. The van der Waals surface area contributed by atoms with Crippen LogP contribution in [0, 0.1) is 17.8 Å². The lowest BCUT2D eigenvalue weighted by atomic mass is 9.93. The smallest absolute Gasteiger partial charge is 0.408 e. The number of rotatable bonds is 8. The van der Waals surface area contributed by atoms with Crippen LogP contribution >= 0.6 is 0 Å². The summed E-state index contributed by atoms with van der Waals surface area (Å²) in [5, 5.41) is 2.66. The number of allylic oxidation sites excluding steroid dienone is 1. The molecule has 38 heavy (non-hydrogen) atoms. The van der Waals surface area contributed by atoms with Gasteiger partial charge in [0.15, 0.2) is 5.54 Å². The minimum atomic E-state index is -1.74. The number of benzene rings is 2. The Kier molecular flexibility index (Phi) is 6.69. The quantitative estimate of drug-likeness (QED) is 0.414. The molecule has 2 aromatic rings. The van der Waals surface area contributed by atoms with Crippen molar-refractivity contribution in [2.75, 3.05) is 19.8 Å². The molecule has 0 unspecified atom stereocenters. The number of ether oxygens (including phenoxy) is 4. The fourth-order valence-corrected chi connectivity index (χ4v) is 5.86. The maximum absolute atomic E-state index is 13.3. The van der Waals surface area contributed by atoms with Crippen molar-refractivity contribution in [3.8, 4) is 11.1 Å². The van der Waals surface area contributed by atoms with Crippen molar-refractivity contribution in [2.24, 2.45) is 17.8 Å².